The second-order valence-electron chi connectivity index (χ2n) is 7.37. The molecule has 0 aromatic heterocycles. The van der Waals surface area contributed by atoms with Crippen LogP contribution in [0.1, 0.15) is 24.8 Å². The molecule has 3 fully saturated rings. The number of rotatable bonds is 2. The lowest BCUT2D eigenvalue weighted by atomic mass is 9.60. The number of likely N-dealkylation sites (tertiary alicyclic amines) is 1. The summed E-state index contributed by atoms with van der Waals surface area (Å²) < 4.78 is 0. The standard InChI is InChI=1S/C19H21NO5/c21-13-8-14(22)17(23)15-11(13)6-7-12-16(15)19(25)20(18(12)24)9-10-4-2-1-3-5-10/h1-5,11-12,14-17,22-23H,6-9H2/t11-,12-,14-,15+,16-,17-/m1/s1. The van der Waals surface area contributed by atoms with E-state index in [1.165, 1.54) is 4.90 Å². The van der Waals surface area contributed by atoms with Gasteiger partial charge in [0.1, 0.15) is 5.78 Å². The molecule has 0 radical (unpaired) electrons. The van der Waals surface area contributed by atoms with Crippen LogP contribution in [-0.4, -0.2) is 44.9 Å². The van der Waals surface area contributed by atoms with Gasteiger partial charge in [-0.2, -0.15) is 0 Å². The fourth-order valence-electron chi connectivity index (χ4n) is 4.83. The van der Waals surface area contributed by atoms with Crippen molar-refractivity contribution in [3.8, 4) is 0 Å². The number of benzene rings is 1. The van der Waals surface area contributed by atoms with E-state index in [2.05, 4.69) is 0 Å². The summed E-state index contributed by atoms with van der Waals surface area (Å²) in [5, 5.41) is 20.4. The third-order valence-corrected chi connectivity index (χ3v) is 6.03. The molecular weight excluding hydrogens is 322 g/mol. The summed E-state index contributed by atoms with van der Waals surface area (Å²) in [5.74, 6) is -2.95. The Labute approximate surface area is 145 Å². The van der Waals surface area contributed by atoms with Crippen molar-refractivity contribution in [2.24, 2.45) is 23.7 Å². The second-order valence-corrected chi connectivity index (χ2v) is 7.37. The molecular formula is C19H21NO5. The molecule has 1 aromatic rings. The highest BCUT2D eigenvalue weighted by Crippen LogP contribution is 2.49. The summed E-state index contributed by atoms with van der Waals surface area (Å²) in [5.41, 5.74) is 0.861. The molecule has 2 saturated carbocycles. The normalized spacial score (nSPS) is 37.8. The molecule has 0 bridgehead atoms. The van der Waals surface area contributed by atoms with Gasteiger partial charge in [0.25, 0.3) is 0 Å². The van der Waals surface area contributed by atoms with E-state index < -0.39 is 35.9 Å². The first kappa shape index (κ1) is 16.4. The Bertz CT molecular complexity index is 718. The van der Waals surface area contributed by atoms with Crippen LogP contribution >= 0.6 is 0 Å². The number of carbonyl (C=O) groups is 3. The van der Waals surface area contributed by atoms with Crippen LogP contribution in [0, 0.1) is 23.7 Å². The van der Waals surface area contributed by atoms with Crippen LogP contribution in [-0.2, 0) is 20.9 Å². The lowest BCUT2D eigenvalue weighted by Gasteiger charge is -2.44. The molecule has 6 heteroatoms. The van der Waals surface area contributed by atoms with Crippen LogP contribution in [0.15, 0.2) is 30.3 Å². The van der Waals surface area contributed by atoms with Crippen molar-refractivity contribution in [3.63, 3.8) is 0 Å². The summed E-state index contributed by atoms with van der Waals surface area (Å²) in [7, 11) is 0. The molecule has 0 spiro atoms. The molecule has 2 amide bonds. The Kier molecular flexibility index (Phi) is 3.96. The van der Waals surface area contributed by atoms with E-state index >= 15 is 0 Å². The summed E-state index contributed by atoms with van der Waals surface area (Å²) >= 11 is 0. The van der Waals surface area contributed by atoms with Crippen molar-refractivity contribution in [2.45, 2.75) is 38.0 Å². The van der Waals surface area contributed by atoms with E-state index in [0.29, 0.717) is 12.8 Å². The molecule has 6 atom stereocenters. The van der Waals surface area contributed by atoms with Crippen molar-refractivity contribution in [2.75, 3.05) is 0 Å². The Morgan fingerprint density at radius 3 is 2.36 bits per heavy atom. The Morgan fingerprint density at radius 2 is 1.64 bits per heavy atom. The molecule has 3 aliphatic rings. The quantitative estimate of drug-likeness (QED) is 0.763. The lowest BCUT2D eigenvalue weighted by Crippen LogP contribution is -2.54. The smallest absolute Gasteiger partial charge is 0.233 e. The number of hydrogen-bond donors (Lipinski definition) is 2. The SMILES string of the molecule is O=C1C[C@@H](O)[C@@H](O)[C@@H]2[C@@H]3C(=O)N(Cc4ccccc4)C(=O)[C@@H]3CC[C@H]12. The van der Waals surface area contributed by atoms with E-state index in [4.69, 9.17) is 0 Å². The fraction of sp³-hybridized carbons (Fsp3) is 0.526. The maximum atomic E-state index is 13.0. The van der Waals surface area contributed by atoms with Gasteiger partial charge in [-0.05, 0) is 18.4 Å². The molecule has 25 heavy (non-hydrogen) atoms. The number of aliphatic hydroxyl groups is 2. The van der Waals surface area contributed by atoms with E-state index in [1.807, 2.05) is 30.3 Å². The molecule has 4 rings (SSSR count). The number of ketones is 1. The fourth-order valence-corrected chi connectivity index (χ4v) is 4.83. The molecule has 1 saturated heterocycles. The predicted molar refractivity (Wildman–Crippen MR) is 86.8 cm³/mol. The summed E-state index contributed by atoms with van der Waals surface area (Å²) in [6.45, 7) is 0.204. The molecule has 1 heterocycles. The topological polar surface area (TPSA) is 94.9 Å². The van der Waals surface area contributed by atoms with Crippen molar-refractivity contribution in [3.05, 3.63) is 35.9 Å². The van der Waals surface area contributed by atoms with Gasteiger partial charge in [-0.25, -0.2) is 0 Å². The van der Waals surface area contributed by atoms with Gasteiger partial charge in [-0.1, -0.05) is 30.3 Å². The largest absolute Gasteiger partial charge is 0.390 e. The molecule has 0 unspecified atom stereocenters. The average molecular weight is 343 g/mol. The average Bonchev–Trinajstić information content (AvgIpc) is 2.85. The number of fused-ring (bicyclic) bond motifs is 3. The van der Waals surface area contributed by atoms with Gasteiger partial charge in [0.05, 0.1) is 30.6 Å². The number of hydrogen-bond acceptors (Lipinski definition) is 5. The number of amides is 2. The summed E-state index contributed by atoms with van der Waals surface area (Å²) in [6.07, 6.45) is -1.39. The van der Waals surface area contributed by atoms with Crippen LogP contribution < -0.4 is 0 Å². The Balaban J connectivity index is 1.64. The van der Waals surface area contributed by atoms with Crippen molar-refractivity contribution in [1.82, 2.24) is 4.90 Å². The first-order valence-corrected chi connectivity index (χ1v) is 8.77. The third-order valence-electron chi connectivity index (χ3n) is 6.03. The minimum Gasteiger partial charge on any atom is -0.390 e. The van der Waals surface area contributed by atoms with Gasteiger partial charge >= 0.3 is 0 Å². The second kappa shape index (κ2) is 6.04. The van der Waals surface area contributed by atoms with Crippen LogP contribution in [0.4, 0.5) is 0 Å². The maximum absolute atomic E-state index is 13.0. The lowest BCUT2D eigenvalue weighted by molar-refractivity contribution is -0.156. The number of carbonyl (C=O) groups excluding carboxylic acids is 3. The minimum atomic E-state index is -1.15. The number of aliphatic hydroxyl groups excluding tert-OH is 2. The van der Waals surface area contributed by atoms with Gasteiger partial charge in [0.2, 0.25) is 11.8 Å². The molecule has 2 aliphatic carbocycles. The predicted octanol–water partition coefficient (Wildman–Crippen LogP) is 0.509. The van der Waals surface area contributed by atoms with Crippen LogP contribution in [0.2, 0.25) is 0 Å². The number of Topliss-reactive ketones (excluding diaryl/α,β-unsaturated/α-hetero) is 1. The zero-order chi connectivity index (χ0) is 17.7. The molecule has 6 nitrogen and oxygen atoms in total. The van der Waals surface area contributed by atoms with E-state index in [9.17, 15) is 24.6 Å². The zero-order valence-electron chi connectivity index (χ0n) is 13.7. The summed E-state index contributed by atoms with van der Waals surface area (Å²) in [4.78, 5) is 39.3. The molecule has 132 valence electrons. The highest BCUT2D eigenvalue weighted by atomic mass is 16.3. The van der Waals surface area contributed by atoms with Gasteiger partial charge in [-0.15, -0.1) is 0 Å². The van der Waals surface area contributed by atoms with Crippen LogP contribution in [0.3, 0.4) is 0 Å². The van der Waals surface area contributed by atoms with Crippen molar-refractivity contribution in [1.29, 1.82) is 0 Å². The number of imide groups is 1. The van der Waals surface area contributed by atoms with Gasteiger partial charge < -0.3 is 10.2 Å². The Hall–Kier alpha value is -2.05. The number of nitrogens with zero attached hydrogens (tertiary/aromatic N) is 1. The first-order chi connectivity index (χ1) is 12.0. The highest BCUT2D eigenvalue weighted by molar-refractivity contribution is 6.06. The molecule has 1 aliphatic heterocycles. The maximum Gasteiger partial charge on any atom is 0.233 e. The van der Waals surface area contributed by atoms with E-state index in [-0.39, 0.29) is 30.6 Å². The third kappa shape index (κ3) is 2.51. The van der Waals surface area contributed by atoms with Gasteiger partial charge in [0.15, 0.2) is 0 Å². The van der Waals surface area contributed by atoms with E-state index in [0.717, 1.165) is 5.56 Å². The first-order valence-electron chi connectivity index (χ1n) is 8.77. The van der Waals surface area contributed by atoms with Gasteiger partial charge in [0, 0.05) is 18.3 Å². The highest BCUT2D eigenvalue weighted by Gasteiger charge is 2.59. The minimum absolute atomic E-state index is 0.0738. The monoisotopic (exact) mass is 343 g/mol. The molecule has 2 N–H and O–H groups in total. The van der Waals surface area contributed by atoms with Gasteiger partial charge in [-0.3, -0.25) is 19.3 Å². The zero-order valence-corrected chi connectivity index (χ0v) is 13.7. The van der Waals surface area contributed by atoms with Crippen LogP contribution in [0.5, 0.6) is 0 Å². The van der Waals surface area contributed by atoms with E-state index in [1.54, 1.807) is 0 Å². The van der Waals surface area contributed by atoms with Crippen molar-refractivity contribution < 1.29 is 24.6 Å². The van der Waals surface area contributed by atoms with Crippen molar-refractivity contribution >= 4 is 17.6 Å². The summed E-state index contributed by atoms with van der Waals surface area (Å²) in [6, 6.07) is 9.28. The molecule has 1 aromatic carbocycles. The van der Waals surface area contributed by atoms with Crippen LogP contribution in [0.25, 0.3) is 0 Å². The Morgan fingerprint density at radius 1 is 0.960 bits per heavy atom.